The average molecular weight is 397 g/mol. The van der Waals surface area contributed by atoms with Crippen LogP contribution in [0.1, 0.15) is 17.5 Å². The van der Waals surface area contributed by atoms with E-state index in [1.807, 2.05) is 30.3 Å². The lowest BCUT2D eigenvalue weighted by molar-refractivity contribution is -0.122. The van der Waals surface area contributed by atoms with Gasteiger partial charge < -0.3 is 14.2 Å². The van der Waals surface area contributed by atoms with Gasteiger partial charge in [0.25, 0.3) is 11.1 Å². The van der Waals surface area contributed by atoms with Crippen LogP contribution in [0.3, 0.4) is 0 Å². The van der Waals surface area contributed by atoms with Gasteiger partial charge in [0.1, 0.15) is 5.75 Å². The predicted octanol–water partition coefficient (Wildman–Crippen LogP) is 4.09. The van der Waals surface area contributed by atoms with Crippen LogP contribution in [0.2, 0.25) is 0 Å². The van der Waals surface area contributed by atoms with Crippen molar-refractivity contribution in [2.24, 2.45) is 0 Å². The van der Waals surface area contributed by atoms with E-state index in [-0.39, 0.29) is 17.9 Å². The summed E-state index contributed by atoms with van der Waals surface area (Å²) in [6.07, 6.45) is 3.21. The van der Waals surface area contributed by atoms with Gasteiger partial charge in [0, 0.05) is 18.2 Å². The molecule has 0 saturated carbocycles. The number of rotatable bonds is 6. The molecule has 2 amide bonds. The number of nitrogens with zero attached hydrogens (tertiary/aromatic N) is 1. The SMILES string of the molecule is COc1cc2c(cc1/C=C1/SC(=O)N(CCCc3ccccc3)C1=O)OCO2. The molecule has 0 radical (unpaired) electrons. The van der Waals surface area contributed by atoms with Gasteiger partial charge in [-0.25, -0.2) is 0 Å². The zero-order valence-electron chi connectivity index (χ0n) is 15.3. The third-order valence-corrected chi connectivity index (χ3v) is 5.48. The molecule has 2 aliphatic rings. The Labute approximate surface area is 167 Å². The van der Waals surface area contributed by atoms with Crippen LogP contribution in [-0.4, -0.2) is 36.5 Å². The van der Waals surface area contributed by atoms with Crippen molar-refractivity contribution in [1.29, 1.82) is 0 Å². The fourth-order valence-electron chi connectivity index (χ4n) is 3.15. The monoisotopic (exact) mass is 397 g/mol. The summed E-state index contributed by atoms with van der Waals surface area (Å²) in [5.41, 5.74) is 1.86. The van der Waals surface area contributed by atoms with Crippen molar-refractivity contribution < 1.29 is 23.8 Å². The van der Waals surface area contributed by atoms with Crippen LogP contribution < -0.4 is 14.2 Å². The lowest BCUT2D eigenvalue weighted by Crippen LogP contribution is -2.29. The Hall–Kier alpha value is -2.93. The summed E-state index contributed by atoms with van der Waals surface area (Å²) in [5, 5.41) is -0.246. The van der Waals surface area contributed by atoms with Gasteiger partial charge in [-0.2, -0.15) is 0 Å². The number of hydrogen-bond acceptors (Lipinski definition) is 6. The fraction of sp³-hybridized carbons (Fsp3) is 0.238. The number of aryl methyl sites for hydroxylation is 1. The van der Waals surface area contributed by atoms with Crippen molar-refractivity contribution in [2.45, 2.75) is 12.8 Å². The van der Waals surface area contributed by atoms with Crippen molar-refractivity contribution in [3.05, 3.63) is 58.5 Å². The van der Waals surface area contributed by atoms with Crippen molar-refractivity contribution in [3.8, 4) is 17.2 Å². The van der Waals surface area contributed by atoms with E-state index in [1.165, 1.54) is 10.5 Å². The quantitative estimate of drug-likeness (QED) is 0.684. The standard InChI is InChI=1S/C21H19NO5S/c1-25-16-12-18-17(26-13-27-18)10-15(16)11-19-20(23)22(21(24)28-19)9-5-8-14-6-3-2-4-7-14/h2-4,6-7,10-12H,5,8-9,13H2,1H3/b19-11+. The van der Waals surface area contributed by atoms with Crippen LogP contribution in [0.15, 0.2) is 47.4 Å². The first-order valence-corrected chi connectivity index (χ1v) is 9.74. The number of hydrogen-bond donors (Lipinski definition) is 0. The molecule has 7 heteroatoms. The Morgan fingerprint density at radius 2 is 1.89 bits per heavy atom. The van der Waals surface area contributed by atoms with E-state index in [0.717, 1.165) is 24.6 Å². The molecule has 2 aromatic rings. The maximum absolute atomic E-state index is 12.7. The summed E-state index contributed by atoms with van der Waals surface area (Å²) in [6, 6.07) is 13.5. The molecule has 1 saturated heterocycles. The zero-order chi connectivity index (χ0) is 19.5. The van der Waals surface area contributed by atoms with Crippen LogP contribution in [-0.2, 0) is 11.2 Å². The maximum atomic E-state index is 12.7. The minimum Gasteiger partial charge on any atom is -0.496 e. The number of carbonyl (C=O) groups excluding carboxylic acids is 2. The third kappa shape index (κ3) is 3.71. The number of amides is 2. The first-order valence-electron chi connectivity index (χ1n) is 8.92. The highest BCUT2D eigenvalue weighted by Gasteiger charge is 2.35. The first kappa shape index (κ1) is 18.4. The molecule has 2 aliphatic heterocycles. The Kier molecular flexibility index (Phi) is 5.25. The topological polar surface area (TPSA) is 65.1 Å². The number of ether oxygens (including phenoxy) is 3. The number of carbonyl (C=O) groups is 2. The fourth-order valence-corrected chi connectivity index (χ4v) is 4.00. The van der Waals surface area contributed by atoms with Gasteiger partial charge in [-0.05, 0) is 42.3 Å². The van der Waals surface area contributed by atoms with E-state index in [4.69, 9.17) is 14.2 Å². The van der Waals surface area contributed by atoms with Gasteiger partial charge in [-0.1, -0.05) is 30.3 Å². The Morgan fingerprint density at radius 3 is 2.64 bits per heavy atom. The van der Waals surface area contributed by atoms with Crippen LogP contribution in [0.25, 0.3) is 6.08 Å². The van der Waals surface area contributed by atoms with Crippen molar-refractivity contribution in [3.63, 3.8) is 0 Å². The molecular formula is C21H19NO5S. The lowest BCUT2D eigenvalue weighted by atomic mass is 10.1. The smallest absolute Gasteiger partial charge is 0.293 e. The molecule has 0 aliphatic carbocycles. The van der Waals surface area contributed by atoms with Crippen LogP contribution in [0, 0.1) is 0 Å². The lowest BCUT2D eigenvalue weighted by Gasteiger charge is -2.12. The second-order valence-corrected chi connectivity index (χ2v) is 7.36. The van der Waals surface area contributed by atoms with Gasteiger partial charge in [-0.15, -0.1) is 0 Å². The number of fused-ring (bicyclic) bond motifs is 1. The van der Waals surface area contributed by atoms with E-state index in [1.54, 1.807) is 25.3 Å². The number of methoxy groups -OCH3 is 1. The number of imide groups is 1. The number of thioether (sulfide) groups is 1. The molecule has 2 heterocycles. The van der Waals surface area contributed by atoms with Crippen LogP contribution in [0.5, 0.6) is 17.2 Å². The molecule has 0 N–H and O–H groups in total. The molecule has 0 bridgehead atoms. The van der Waals surface area contributed by atoms with Gasteiger partial charge in [0.15, 0.2) is 11.5 Å². The normalized spacial score (nSPS) is 16.9. The number of benzene rings is 2. The summed E-state index contributed by atoms with van der Waals surface area (Å²) in [6.45, 7) is 0.551. The second-order valence-electron chi connectivity index (χ2n) is 6.37. The summed E-state index contributed by atoms with van der Waals surface area (Å²) in [7, 11) is 1.55. The largest absolute Gasteiger partial charge is 0.496 e. The molecule has 6 nitrogen and oxygen atoms in total. The highest BCUT2D eigenvalue weighted by atomic mass is 32.2. The van der Waals surface area contributed by atoms with E-state index in [9.17, 15) is 9.59 Å². The molecule has 2 aromatic carbocycles. The molecule has 28 heavy (non-hydrogen) atoms. The molecule has 144 valence electrons. The summed E-state index contributed by atoms with van der Waals surface area (Å²) >= 11 is 0.946. The zero-order valence-corrected chi connectivity index (χ0v) is 16.2. The Balaban J connectivity index is 1.48. The third-order valence-electron chi connectivity index (χ3n) is 4.58. The van der Waals surface area contributed by atoms with Crippen LogP contribution in [0.4, 0.5) is 4.79 Å². The van der Waals surface area contributed by atoms with Crippen molar-refractivity contribution in [2.75, 3.05) is 20.4 Å². The highest BCUT2D eigenvalue weighted by molar-refractivity contribution is 8.18. The van der Waals surface area contributed by atoms with E-state index in [0.29, 0.717) is 34.3 Å². The van der Waals surface area contributed by atoms with E-state index >= 15 is 0 Å². The van der Waals surface area contributed by atoms with Gasteiger partial charge >= 0.3 is 0 Å². The summed E-state index contributed by atoms with van der Waals surface area (Å²) < 4.78 is 16.1. The van der Waals surface area contributed by atoms with Crippen molar-refractivity contribution in [1.82, 2.24) is 4.90 Å². The minimum atomic E-state index is -0.275. The van der Waals surface area contributed by atoms with Gasteiger partial charge in [0.2, 0.25) is 6.79 Å². The molecule has 0 spiro atoms. The summed E-state index contributed by atoms with van der Waals surface area (Å²) in [4.78, 5) is 26.7. The molecule has 1 fully saturated rings. The van der Waals surface area contributed by atoms with E-state index < -0.39 is 0 Å². The average Bonchev–Trinajstić information content (AvgIpc) is 3.27. The molecule has 4 rings (SSSR count). The Bertz CT molecular complexity index is 941. The molecule has 0 aromatic heterocycles. The second kappa shape index (κ2) is 7.98. The maximum Gasteiger partial charge on any atom is 0.293 e. The van der Waals surface area contributed by atoms with Crippen molar-refractivity contribution >= 4 is 29.0 Å². The Morgan fingerprint density at radius 1 is 1.14 bits per heavy atom. The molecule has 0 atom stereocenters. The summed E-state index contributed by atoms with van der Waals surface area (Å²) in [5.74, 6) is 1.47. The minimum absolute atomic E-state index is 0.153. The van der Waals surface area contributed by atoms with Gasteiger partial charge in [0.05, 0.1) is 12.0 Å². The van der Waals surface area contributed by atoms with Crippen LogP contribution >= 0.6 is 11.8 Å². The molecule has 0 unspecified atom stereocenters. The predicted molar refractivity (Wildman–Crippen MR) is 107 cm³/mol. The van der Waals surface area contributed by atoms with E-state index in [2.05, 4.69) is 0 Å². The van der Waals surface area contributed by atoms with Gasteiger partial charge in [-0.3, -0.25) is 14.5 Å². The highest BCUT2D eigenvalue weighted by Crippen LogP contribution is 2.40. The molecular weight excluding hydrogens is 378 g/mol. The first-order chi connectivity index (χ1) is 13.7.